The van der Waals surface area contributed by atoms with Gasteiger partial charge in [0.15, 0.2) is 0 Å². The van der Waals surface area contributed by atoms with Gasteiger partial charge in [-0.15, -0.1) is 0 Å². The summed E-state index contributed by atoms with van der Waals surface area (Å²) in [6.07, 6.45) is 0. The van der Waals surface area contributed by atoms with E-state index < -0.39 is 0 Å². The fourth-order valence-corrected chi connectivity index (χ4v) is 4.12. The molecule has 0 radical (unpaired) electrons. The summed E-state index contributed by atoms with van der Waals surface area (Å²) in [5.74, 6) is 0. The van der Waals surface area contributed by atoms with Gasteiger partial charge in [-0.25, -0.2) is 0 Å². The number of hydrogen-bond donors (Lipinski definition) is 0. The first-order valence-corrected chi connectivity index (χ1v) is 8.16. The van der Waals surface area contributed by atoms with Gasteiger partial charge in [0.1, 0.15) is 0 Å². The van der Waals surface area contributed by atoms with Crippen LogP contribution < -0.4 is 0 Å². The lowest BCUT2D eigenvalue weighted by molar-refractivity contribution is 1.24. The van der Waals surface area contributed by atoms with Gasteiger partial charge in [0.05, 0.1) is 0 Å². The summed E-state index contributed by atoms with van der Waals surface area (Å²) < 4.78 is 0. The smallest absolute Gasteiger partial charge is 0.0111 e. The quantitative estimate of drug-likeness (QED) is 0.417. The monoisotopic (exact) mass is 290 g/mol. The van der Waals surface area contributed by atoms with E-state index in [9.17, 15) is 0 Å². The topological polar surface area (TPSA) is 0 Å². The zero-order valence-corrected chi connectivity index (χ0v) is 15.2. The molecular weight excluding hydrogens is 264 g/mol. The van der Waals surface area contributed by atoms with E-state index in [2.05, 4.69) is 67.5 Å². The molecule has 0 heteroatoms. The van der Waals surface area contributed by atoms with Crippen LogP contribution in [0, 0.1) is 55.4 Å². The first-order chi connectivity index (χ1) is 10.3. The van der Waals surface area contributed by atoms with Gasteiger partial charge in [-0.05, 0) is 121 Å². The Labute approximate surface area is 134 Å². The van der Waals surface area contributed by atoms with E-state index in [4.69, 9.17) is 0 Å². The molecule has 0 aliphatic rings. The summed E-state index contributed by atoms with van der Waals surface area (Å²) in [5, 5.41) is 5.81. The second-order valence-corrected chi connectivity index (χ2v) is 6.93. The van der Waals surface area contributed by atoms with Crippen molar-refractivity contribution in [2.24, 2.45) is 0 Å². The predicted molar refractivity (Wildman–Crippen MR) is 99.4 cm³/mol. The summed E-state index contributed by atoms with van der Waals surface area (Å²) in [7, 11) is 0. The molecule has 0 atom stereocenters. The first-order valence-electron chi connectivity index (χ1n) is 8.16. The molecule has 0 bridgehead atoms. The fraction of sp³-hybridized carbons (Fsp3) is 0.364. The van der Waals surface area contributed by atoms with E-state index in [1.807, 2.05) is 0 Å². The number of rotatable bonds is 0. The van der Waals surface area contributed by atoms with Crippen LogP contribution in [0.1, 0.15) is 44.5 Å². The van der Waals surface area contributed by atoms with Crippen molar-refractivity contribution >= 4 is 21.5 Å². The average molecular weight is 290 g/mol. The van der Waals surface area contributed by atoms with Crippen LogP contribution in [0.25, 0.3) is 21.5 Å². The molecule has 0 unspecified atom stereocenters. The maximum Gasteiger partial charge on any atom is -0.0111 e. The first kappa shape index (κ1) is 15.1. The molecule has 3 aromatic carbocycles. The highest BCUT2D eigenvalue weighted by Crippen LogP contribution is 2.40. The number of benzene rings is 3. The van der Waals surface area contributed by atoms with Gasteiger partial charge in [-0.2, -0.15) is 0 Å². The summed E-state index contributed by atoms with van der Waals surface area (Å²) >= 11 is 0. The minimum atomic E-state index is 1.38. The van der Waals surface area contributed by atoms with Gasteiger partial charge in [-0.3, -0.25) is 0 Å². The van der Waals surface area contributed by atoms with Gasteiger partial charge in [0.2, 0.25) is 0 Å². The van der Waals surface area contributed by atoms with Gasteiger partial charge in [0, 0.05) is 0 Å². The van der Waals surface area contributed by atoms with E-state index >= 15 is 0 Å². The lowest BCUT2D eigenvalue weighted by Gasteiger charge is -2.21. The molecule has 3 rings (SSSR count). The minimum Gasteiger partial charge on any atom is -0.0584 e. The molecule has 0 N–H and O–H groups in total. The Bertz CT molecular complexity index is 940. The number of aryl methyl sites for hydroxylation is 6. The Kier molecular flexibility index (Phi) is 3.32. The van der Waals surface area contributed by atoms with E-state index in [0.29, 0.717) is 0 Å². The van der Waals surface area contributed by atoms with Crippen LogP contribution in [0.4, 0.5) is 0 Å². The van der Waals surface area contributed by atoms with E-state index in [1.54, 1.807) is 0 Å². The molecule has 0 fully saturated rings. The van der Waals surface area contributed by atoms with Gasteiger partial charge in [-0.1, -0.05) is 12.1 Å². The maximum absolute atomic E-state index is 2.31. The molecule has 0 spiro atoms. The maximum atomic E-state index is 2.31. The average Bonchev–Trinajstić information content (AvgIpc) is 2.49. The second kappa shape index (κ2) is 4.84. The van der Waals surface area contributed by atoms with Crippen molar-refractivity contribution in [2.45, 2.75) is 55.4 Å². The molecule has 0 aliphatic carbocycles. The fourth-order valence-electron chi connectivity index (χ4n) is 4.12. The lowest BCUT2D eigenvalue weighted by Crippen LogP contribution is -2.00. The van der Waals surface area contributed by atoms with Crippen molar-refractivity contribution in [3.8, 4) is 0 Å². The highest BCUT2D eigenvalue weighted by atomic mass is 14.2. The molecule has 0 amide bonds. The van der Waals surface area contributed by atoms with Crippen molar-refractivity contribution in [1.29, 1.82) is 0 Å². The van der Waals surface area contributed by atoms with E-state index in [0.717, 1.165) is 0 Å². The molecule has 0 nitrogen and oxygen atoms in total. The minimum absolute atomic E-state index is 1.38. The van der Waals surface area contributed by atoms with Crippen LogP contribution in [0.5, 0.6) is 0 Å². The van der Waals surface area contributed by atoms with Crippen LogP contribution in [0.15, 0.2) is 12.1 Å². The summed E-state index contributed by atoms with van der Waals surface area (Å²) in [5.41, 5.74) is 11.5. The molecule has 0 saturated heterocycles. The van der Waals surface area contributed by atoms with Crippen LogP contribution >= 0.6 is 0 Å². The highest BCUT2D eigenvalue weighted by Gasteiger charge is 2.17. The summed E-state index contributed by atoms with van der Waals surface area (Å²) in [6, 6.07) is 4.57. The lowest BCUT2D eigenvalue weighted by atomic mass is 9.83. The Morgan fingerprint density at radius 3 is 1.45 bits per heavy atom. The Hall–Kier alpha value is -1.82. The second-order valence-electron chi connectivity index (χ2n) is 6.93. The van der Waals surface area contributed by atoms with Crippen LogP contribution in [0.3, 0.4) is 0 Å². The Balaban J connectivity index is 2.76. The largest absolute Gasteiger partial charge is 0.0584 e. The SMILES string of the molecule is Cc1ccc2c(C)c3c(C)c(C)c(C)c(C)c3c(C)c2c1C. The molecule has 0 heterocycles. The van der Waals surface area contributed by atoms with Crippen molar-refractivity contribution < 1.29 is 0 Å². The summed E-state index contributed by atoms with van der Waals surface area (Å²) in [6.45, 7) is 18.2. The molecule has 114 valence electrons. The molecule has 0 aromatic heterocycles. The van der Waals surface area contributed by atoms with Crippen LogP contribution in [0.2, 0.25) is 0 Å². The summed E-state index contributed by atoms with van der Waals surface area (Å²) in [4.78, 5) is 0. The Morgan fingerprint density at radius 2 is 0.909 bits per heavy atom. The van der Waals surface area contributed by atoms with Gasteiger partial charge < -0.3 is 0 Å². The zero-order chi connectivity index (χ0) is 16.3. The molecule has 0 saturated carbocycles. The van der Waals surface area contributed by atoms with Crippen molar-refractivity contribution in [1.82, 2.24) is 0 Å². The third kappa shape index (κ3) is 1.76. The molecule has 3 aromatic rings. The van der Waals surface area contributed by atoms with Crippen LogP contribution in [-0.2, 0) is 0 Å². The molecular formula is C22H26. The third-order valence-electron chi connectivity index (χ3n) is 5.95. The molecule has 0 aliphatic heterocycles. The third-order valence-corrected chi connectivity index (χ3v) is 5.95. The van der Waals surface area contributed by atoms with E-state index in [1.165, 1.54) is 66.1 Å². The normalized spacial score (nSPS) is 11.6. The van der Waals surface area contributed by atoms with Crippen LogP contribution in [-0.4, -0.2) is 0 Å². The van der Waals surface area contributed by atoms with Crippen molar-refractivity contribution in [3.05, 3.63) is 56.6 Å². The highest BCUT2D eigenvalue weighted by molar-refractivity contribution is 6.09. The number of hydrogen-bond acceptors (Lipinski definition) is 0. The van der Waals surface area contributed by atoms with Gasteiger partial charge in [0.25, 0.3) is 0 Å². The van der Waals surface area contributed by atoms with Crippen molar-refractivity contribution in [2.75, 3.05) is 0 Å². The Morgan fingerprint density at radius 1 is 0.409 bits per heavy atom. The predicted octanol–water partition coefficient (Wildman–Crippen LogP) is 6.46. The standard InChI is InChI=1S/C22H26/c1-11-9-10-19-17(7)21-15(5)13(3)14(4)16(6)22(21)18(8)20(19)12(11)2/h9-10H,1-8H3. The van der Waals surface area contributed by atoms with E-state index in [-0.39, 0.29) is 0 Å². The van der Waals surface area contributed by atoms with Gasteiger partial charge >= 0.3 is 0 Å². The zero-order valence-electron chi connectivity index (χ0n) is 15.2. The van der Waals surface area contributed by atoms with Crippen molar-refractivity contribution in [3.63, 3.8) is 0 Å². The number of fused-ring (bicyclic) bond motifs is 2. The molecule has 22 heavy (non-hydrogen) atoms.